The molecular formula is C17H21Cl2N3O. The summed E-state index contributed by atoms with van der Waals surface area (Å²) in [6, 6.07) is 13.8. The lowest BCUT2D eigenvalue weighted by atomic mass is 10.0. The molecule has 0 radical (unpaired) electrons. The fourth-order valence-electron chi connectivity index (χ4n) is 2.40. The van der Waals surface area contributed by atoms with Gasteiger partial charge in [0.05, 0.1) is 17.0 Å². The van der Waals surface area contributed by atoms with E-state index >= 15 is 0 Å². The molecule has 2 heterocycles. The van der Waals surface area contributed by atoms with Gasteiger partial charge >= 0.3 is 0 Å². The van der Waals surface area contributed by atoms with E-state index in [0.29, 0.717) is 11.5 Å². The van der Waals surface area contributed by atoms with Crippen molar-refractivity contribution in [3.63, 3.8) is 0 Å². The van der Waals surface area contributed by atoms with Crippen molar-refractivity contribution in [2.45, 2.75) is 6.92 Å². The van der Waals surface area contributed by atoms with Gasteiger partial charge in [0.25, 0.3) is 5.91 Å². The number of aryl methyl sites for hydroxylation is 1. The molecule has 1 fully saturated rings. The predicted octanol–water partition coefficient (Wildman–Crippen LogP) is 2.85. The number of aromatic nitrogens is 1. The average Bonchev–Trinajstić information content (AvgIpc) is 2.46. The second-order valence-electron chi connectivity index (χ2n) is 5.43. The highest BCUT2D eigenvalue weighted by atomic mass is 35.5. The van der Waals surface area contributed by atoms with E-state index in [1.807, 2.05) is 49.4 Å². The van der Waals surface area contributed by atoms with Gasteiger partial charge in [-0.25, -0.2) is 0 Å². The molecule has 1 saturated heterocycles. The third-order valence-electron chi connectivity index (χ3n) is 3.82. The largest absolute Gasteiger partial charge is 0.352 e. The van der Waals surface area contributed by atoms with Crippen molar-refractivity contribution >= 4 is 30.7 Å². The molecule has 0 bridgehead atoms. The third-order valence-corrected chi connectivity index (χ3v) is 3.82. The summed E-state index contributed by atoms with van der Waals surface area (Å²) in [5.74, 6) is 0.525. The van der Waals surface area contributed by atoms with Gasteiger partial charge in [0.2, 0.25) is 0 Å². The van der Waals surface area contributed by atoms with Crippen LogP contribution in [0.1, 0.15) is 16.1 Å². The topological polar surface area (TPSA) is 54.0 Å². The Morgan fingerprint density at radius 1 is 1.17 bits per heavy atom. The zero-order valence-corrected chi connectivity index (χ0v) is 14.5. The van der Waals surface area contributed by atoms with Crippen LogP contribution in [0.4, 0.5) is 0 Å². The van der Waals surface area contributed by atoms with Crippen LogP contribution in [0.2, 0.25) is 0 Å². The number of carbonyl (C=O) groups is 1. The Bertz CT molecular complexity index is 646. The molecule has 0 saturated carbocycles. The lowest BCUT2D eigenvalue weighted by molar-refractivity contribution is 0.0941. The summed E-state index contributed by atoms with van der Waals surface area (Å²) in [7, 11) is 0. The van der Waals surface area contributed by atoms with Crippen LogP contribution in [-0.4, -0.2) is 30.5 Å². The van der Waals surface area contributed by atoms with Crippen molar-refractivity contribution in [1.82, 2.24) is 15.6 Å². The number of hydrogen-bond acceptors (Lipinski definition) is 3. The van der Waals surface area contributed by atoms with Crippen LogP contribution in [-0.2, 0) is 0 Å². The first-order valence-corrected chi connectivity index (χ1v) is 7.26. The fraction of sp³-hybridized carbons (Fsp3) is 0.294. The van der Waals surface area contributed by atoms with Crippen LogP contribution in [0.25, 0.3) is 11.3 Å². The Balaban J connectivity index is 0.00000132. The maximum absolute atomic E-state index is 12.2. The summed E-state index contributed by atoms with van der Waals surface area (Å²) in [6.07, 6.45) is 0. The number of nitrogens with zero attached hydrogens (tertiary/aromatic N) is 1. The van der Waals surface area contributed by atoms with Crippen molar-refractivity contribution in [3.05, 3.63) is 53.7 Å². The van der Waals surface area contributed by atoms with Gasteiger partial charge in [-0.05, 0) is 19.1 Å². The van der Waals surface area contributed by atoms with E-state index in [1.165, 1.54) is 0 Å². The highest BCUT2D eigenvalue weighted by Gasteiger charge is 2.18. The maximum atomic E-state index is 12.2. The molecule has 0 unspecified atom stereocenters. The molecule has 0 spiro atoms. The van der Waals surface area contributed by atoms with Gasteiger partial charge in [0.1, 0.15) is 0 Å². The third kappa shape index (κ3) is 4.67. The number of amides is 1. The Hall–Kier alpha value is -1.62. The van der Waals surface area contributed by atoms with E-state index in [-0.39, 0.29) is 30.7 Å². The first-order valence-electron chi connectivity index (χ1n) is 7.26. The number of halogens is 2. The average molecular weight is 354 g/mol. The molecule has 2 N–H and O–H groups in total. The lowest BCUT2D eigenvalue weighted by Crippen LogP contribution is -2.48. The molecule has 1 amide bonds. The van der Waals surface area contributed by atoms with Gasteiger partial charge in [0, 0.05) is 31.1 Å². The number of carbonyl (C=O) groups excluding carboxylic acids is 1. The molecule has 2 aromatic rings. The summed E-state index contributed by atoms with van der Waals surface area (Å²) >= 11 is 0. The second kappa shape index (κ2) is 8.87. The Kier molecular flexibility index (Phi) is 7.49. The molecule has 1 aliphatic rings. The monoisotopic (exact) mass is 353 g/mol. The van der Waals surface area contributed by atoms with Crippen molar-refractivity contribution in [3.8, 4) is 11.3 Å². The molecule has 6 heteroatoms. The summed E-state index contributed by atoms with van der Waals surface area (Å²) in [5.41, 5.74) is 3.38. The van der Waals surface area contributed by atoms with Crippen LogP contribution in [0.5, 0.6) is 0 Å². The Labute approximate surface area is 148 Å². The van der Waals surface area contributed by atoms with Crippen molar-refractivity contribution in [2.75, 3.05) is 19.6 Å². The minimum Gasteiger partial charge on any atom is -0.352 e. The molecule has 3 rings (SSSR count). The van der Waals surface area contributed by atoms with Gasteiger partial charge in [-0.1, -0.05) is 30.3 Å². The predicted molar refractivity (Wildman–Crippen MR) is 97.6 cm³/mol. The van der Waals surface area contributed by atoms with Crippen molar-refractivity contribution < 1.29 is 4.79 Å². The lowest BCUT2D eigenvalue weighted by Gasteiger charge is -2.27. The molecule has 23 heavy (non-hydrogen) atoms. The van der Waals surface area contributed by atoms with E-state index in [1.54, 1.807) is 0 Å². The van der Waals surface area contributed by atoms with Gasteiger partial charge < -0.3 is 10.6 Å². The molecule has 0 aliphatic carbocycles. The van der Waals surface area contributed by atoms with E-state index in [9.17, 15) is 4.79 Å². The quantitative estimate of drug-likeness (QED) is 0.888. The summed E-state index contributed by atoms with van der Waals surface area (Å²) in [5, 5.41) is 6.18. The highest BCUT2D eigenvalue weighted by Crippen LogP contribution is 2.18. The van der Waals surface area contributed by atoms with Crippen LogP contribution in [0.3, 0.4) is 0 Å². The number of rotatable bonds is 4. The normalized spacial score (nSPS) is 13.3. The van der Waals surface area contributed by atoms with Crippen LogP contribution in [0, 0.1) is 12.8 Å². The summed E-state index contributed by atoms with van der Waals surface area (Å²) in [6.45, 7) is 4.59. The smallest absolute Gasteiger partial charge is 0.253 e. The van der Waals surface area contributed by atoms with E-state index in [4.69, 9.17) is 0 Å². The van der Waals surface area contributed by atoms with Crippen molar-refractivity contribution in [2.24, 2.45) is 5.92 Å². The molecular weight excluding hydrogens is 333 g/mol. The minimum absolute atomic E-state index is 0. The zero-order chi connectivity index (χ0) is 14.7. The molecule has 1 aromatic carbocycles. The highest BCUT2D eigenvalue weighted by molar-refractivity contribution is 5.95. The standard InChI is InChI=1S/C17H19N3O.2ClH/c1-12-15(17(21)19-11-13-9-18-10-13)7-8-16(20-12)14-5-3-2-4-6-14;;/h2-8,13,18H,9-11H2,1H3,(H,19,21);2*1H. The van der Waals surface area contributed by atoms with Gasteiger partial charge in [-0.15, -0.1) is 24.8 Å². The molecule has 124 valence electrons. The first-order chi connectivity index (χ1) is 10.2. The van der Waals surface area contributed by atoms with E-state index in [0.717, 1.165) is 36.6 Å². The van der Waals surface area contributed by atoms with Gasteiger partial charge in [0.15, 0.2) is 0 Å². The zero-order valence-electron chi connectivity index (χ0n) is 12.9. The SMILES string of the molecule is Cc1nc(-c2ccccc2)ccc1C(=O)NCC1CNC1.Cl.Cl. The second-order valence-corrected chi connectivity index (χ2v) is 5.43. The van der Waals surface area contributed by atoms with E-state index in [2.05, 4.69) is 15.6 Å². The Morgan fingerprint density at radius 2 is 1.87 bits per heavy atom. The molecule has 0 atom stereocenters. The maximum Gasteiger partial charge on any atom is 0.253 e. The van der Waals surface area contributed by atoms with E-state index < -0.39 is 0 Å². The number of pyridine rings is 1. The number of benzene rings is 1. The minimum atomic E-state index is -0.0356. The number of nitrogens with one attached hydrogen (secondary N) is 2. The summed E-state index contributed by atoms with van der Waals surface area (Å²) in [4.78, 5) is 16.7. The molecule has 1 aliphatic heterocycles. The molecule has 4 nitrogen and oxygen atoms in total. The Morgan fingerprint density at radius 3 is 2.43 bits per heavy atom. The fourth-order valence-corrected chi connectivity index (χ4v) is 2.40. The number of hydrogen-bond donors (Lipinski definition) is 2. The van der Waals surface area contributed by atoms with Crippen LogP contribution in [0.15, 0.2) is 42.5 Å². The molecule has 1 aromatic heterocycles. The van der Waals surface area contributed by atoms with Crippen LogP contribution >= 0.6 is 24.8 Å². The van der Waals surface area contributed by atoms with Gasteiger partial charge in [-0.3, -0.25) is 9.78 Å². The first kappa shape index (κ1) is 19.4. The van der Waals surface area contributed by atoms with Gasteiger partial charge in [-0.2, -0.15) is 0 Å². The van der Waals surface area contributed by atoms with Crippen molar-refractivity contribution in [1.29, 1.82) is 0 Å². The van der Waals surface area contributed by atoms with Crippen LogP contribution < -0.4 is 10.6 Å². The summed E-state index contributed by atoms with van der Waals surface area (Å²) < 4.78 is 0.